The molecular weight excluding hydrogens is 304 g/mol. The lowest BCUT2D eigenvalue weighted by Crippen LogP contribution is -2.40. The Bertz CT molecular complexity index is 398. The van der Waals surface area contributed by atoms with Crippen molar-refractivity contribution in [2.24, 2.45) is 5.73 Å². The van der Waals surface area contributed by atoms with E-state index in [1.165, 1.54) is 0 Å². The molecule has 0 aromatic heterocycles. The van der Waals surface area contributed by atoms with E-state index in [1.54, 1.807) is 18.2 Å². The second kappa shape index (κ2) is 6.99. The van der Waals surface area contributed by atoms with Crippen molar-refractivity contribution in [1.29, 1.82) is 0 Å². The van der Waals surface area contributed by atoms with Crippen LogP contribution in [-0.4, -0.2) is 18.5 Å². The second-order valence-corrected chi connectivity index (χ2v) is 5.11. The molecule has 94 valence electrons. The quantitative estimate of drug-likeness (QED) is 0.876. The molecule has 1 aromatic carbocycles. The molecule has 17 heavy (non-hydrogen) atoms. The van der Waals surface area contributed by atoms with Gasteiger partial charge in [0.1, 0.15) is 0 Å². The molecule has 0 spiro atoms. The minimum atomic E-state index is -0.127. The molecule has 1 amide bonds. The maximum atomic E-state index is 12.0. The highest BCUT2D eigenvalue weighted by Gasteiger charge is 2.14. The fraction of sp³-hybridized carbons (Fsp3) is 0.417. The summed E-state index contributed by atoms with van der Waals surface area (Å²) < 4.78 is 0.690. The normalized spacial score (nSPS) is 12.2. The summed E-state index contributed by atoms with van der Waals surface area (Å²) in [6.45, 7) is 2.51. The Morgan fingerprint density at radius 1 is 1.59 bits per heavy atom. The number of amides is 1. The largest absolute Gasteiger partial charge is 0.348 e. The highest BCUT2D eigenvalue weighted by atomic mass is 79.9. The molecule has 1 atom stereocenters. The van der Waals surface area contributed by atoms with Gasteiger partial charge in [-0.25, -0.2) is 0 Å². The van der Waals surface area contributed by atoms with Gasteiger partial charge in [-0.1, -0.05) is 24.9 Å². The van der Waals surface area contributed by atoms with Gasteiger partial charge in [0, 0.05) is 22.1 Å². The third-order valence-corrected chi connectivity index (χ3v) is 3.32. The minimum absolute atomic E-state index is 0.0232. The van der Waals surface area contributed by atoms with E-state index in [1.807, 2.05) is 0 Å². The number of halogens is 2. The SMILES string of the molecule is CCCC(CN)NC(=O)c1ccc(Cl)cc1Br. The lowest BCUT2D eigenvalue weighted by Gasteiger charge is -2.16. The number of rotatable bonds is 5. The zero-order valence-corrected chi connectivity index (χ0v) is 12.0. The zero-order valence-electron chi connectivity index (χ0n) is 9.67. The van der Waals surface area contributed by atoms with Crippen LogP contribution in [0.5, 0.6) is 0 Å². The van der Waals surface area contributed by atoms with Gasteiger partial charge in [-0.05, 0) is 40.5 Å². The Morgan fingerprint density at radius 2 is 2.29 bits per heavy atom. The second-order valence-electron chi connectivity index (χ2n) is 3.82. The summed E-state index contributed by atoms with van der Waals surface area (Å²) in [4.78, 5) is 12.0. The van der Waals surface area contributed by atoms with Crippen molar-refractivity contribution < 1.29 is 4.79 Å². The lowest BCUT2D eigenvalue weighted by atomic mass is 10.1. The molecule has 0 saturated carbocycles. The highest BCUT2D eigenvalue weighted by Crippen LogP contribution is 2.21. The number of nitrogens with one attached hydrogen (secondary N) is 1. The average molecular weight is 320 g/mol. The van der Waals surface area contributed by atoms with Crippen LogP contribution < -0.4 is 11.1 Å². The van der Waals surface area contributed by atoms with Gasteiger partial charge >= 0.3 is 0 Å². The summed E-state index contributed by atoms with van der Waals surface area (Å²) in [6.07, 6.45) is 1.87. The molecule has 1 rings (SSSR count). The Kier molecular flexibility index (Phi) is 5.95. The van der Waals surface area contributed by atoms with Crippen LogP contribution in [0.2, 0.25) is 5.02 Å². The fourth-order valence-electron chi connectivity index (χ4n) is 1.53. The molecule has 5 heteroatoms. The van der Waals surface area contributed by atoms with Crippen LogP contribution in [0.3, 0.4) is 0 Å². The van der Waals surface area contributed by atoms with Crippen molar-refractivity contribution in [1.82, 2.24) is 5.32 Å². The van der Waals surface area contributed by atoms with Gasteiger partial charge in [0.2, 0.25) is 0 Å². The first-order valence-electron chi connectivity index (χ1n) is 5.54. The van der Waals surface area contributed by atoms with Crippen LogP contribution in [0.15, 0.2) is 22.7 Å². The molecule has 0 heterocycles. The van der Waals surface area contributed by atoms with Gasteiger partial charge in [0.15, 0.2) is 0 Å². The highest BCUT2D eigenvalue weighted by molar-refractivity contribution is 9.10. The molecule has 0 saturated heterocycles. The molecule has 1 unspecified atom stereocenters. The van der Waals surface area contributed by atoms with E-state index in [4.69, 9.17) is 17.3 Å². The van der Waals surface area contributed by atoms with Crippen molar-refractivity contribution in [3.63, 3.8) is 0 Å². The van der Waals surface area contributed by atoms with Gasteiger partial charge in [0.05, 0.1) is 5.56 Å². The van der Waals surface area contributed by atoms with Crippen LogP contribution in [0.4, 0.5) is 0 Å². The van der Waals surface area contributed by atoms with Gasteiger partial charge in [-0.3, -0.25) is 4.79 Å². The van der Waals surface area contributed by atoms with E-state index in [-0.39, 0.29) is 11.9 Å². The standard InChI is InChI=1S/C12H16BrClN2O/c1-2-3-9(7-15)16-12(17)10-5-4-8(14)6-11(10)13/h4-6,9H,2-3,7,15H2,1H3,(H,16,17). The predicted octanol–water partition coefficient (Wildman–Crippen LogP) is 2.96. The first-order chi connectivity index (χ1) is 8.08. The monoisotopic (exact) mass is 318 g/mol. The van der Waals surface area contributed by atoms with Crippen molar-refractivity contribution in [3.8, 4) is 0 Å². The molecule has 0 radical (unpaired) electrons. The van der Waals surface area contributed by atoms with Crippen LogP contribution in [0, 0.1) is 0 Å². The van der Waals surface area contributed by atoms with E-state index in [0.29, 0.717) is 21.6 Å². The summed E-state index contributed by atoms with van der Waals surface area (Å²) in [6, 6.07) is 5.11. The summed E-state index contributed by atoms with van der Waals surface area (Å²) in [5.41, 5.74) is 6.17. The molecule has 3 N–H and O–H groups in total. The van der Waals surface area contributed by atoms with Crippen molar-refractivity contribution >= 4 is 33.4 Å². The fourth-order valence-corrected chi connectivity index (χ4v) is 2.40. The summed E-state index contributed by atoms with van der Waals surface area (Å²) >= 11 is 9.14. The molecule has 0 bridgehead atoms. The smallest absolute Gasteiger partial charge is 0.252 e. The third kappa shape index (κ3) is 4.30. The Hall–Kier alpha value is -0.580. The Morgan fingerprint density at radius 3 is 2.82 bits per heavy atom. The van der Waals surface area contributed by atoms with Gasteiger partial charge in [-0.15, -0.1) is 0 Å². The predicted molar refractivity (Wildman–Crippen MR) is 74.4 cm³/mol. The van der Waals surface area contributed by atoms with E-state index >= 15 is 0 Å². The molecule has 0 fully saturated rings. The summed E-state index contributed by atoms with van der Waals surface area (Å²) in [5.74, 6) is -0.127. The van der Waals surface area contributed by atoms with E-state index in [0.717, 1.165) is 12.8 Å². The average Bonchev–Trinajstić information content (AvgIpc) is 2.28. The molecule has 0 aliphatic rings. The van der Waals surface area contributed by atoms with Crippen LogP contribution >= 0.6 is 27.5 Å². The topological polar surface area (TPSA) is 55.1 Å². The number of carbonyl (C=O) groups is 1. The van der Waals surface area contributed by atoms with Gasteiger partial charge < -0.3 is 11.1 Å². The van der Waals surface area contributed by atoms with Crippen molar-refractivity contribution in [2.75, 3.05) is 6.54 Å². The zero-order chi connectivity index (χ0) is 12.8. The minimum Gasteiger partial charge on any atom is -0.348 e. The van der Waals surface area contributed by atoms with Crippen molar-refractivity contribution in [2.45, 2.75) is 25.8 Å². The first-order valence-corrected chi connectivity index (χ1v) is 6.71. The number of hydrogen-bond donors (Lipinski definition) is 2. The summed E-state index contributed by atoms with van der Waals surface area (Å²) in [5, 5.41) is 3.50. The van der Waals surface area contributed by atoms with Crippen LogP contribution in [0.25, 0.3) is 0 Å². The molecule has 1 aromatic rings. The summed E-state index contributed by atoms with van der Waals surface area (Å²) in [7, 11) is 0. The first kappa shape index (κ1) is 14.5. The maximum absolute atomic E-state index is 12.0. The number of carbonyl (C=O) groups excluding carboxylic acids is 1. The molecule has 0 aliphatic heterocycles. The molecule has 3 nitrogen and oxygen atoms in total. The lowest BCUT2D eigenvalue weighted by molar-refractivity contribution is 0.0935. The number of hydrogen-bond acceptors (Lipinski definition) is 2. The number of benzene rings is 1. The van der Waals surface area contributed by atoms with Gasteiger partial charge in [-0.2, -0.15) is 0 Å². The molecule has 0 aliphatic carbocycles. The van der Waals surface area contributed by atoms with Crippen LogP contribution in [0.1, 0.15) is 30.1 Å². The van der Waals surface area contributed by atoms with Gasteiger partial charge in [0.25, 0.3) is 5.91 Å². The third-order valence-electron chi connectivity index (χ3n) is 2.43. The van der Waals surface area contributed by atoms with E-state index in [9.17, 15) is 4.79 Å². The van der Waals surface area contributed by atoms with E-state index in [2.05, 4.69) is 28.2 Å². The Balaban J connectivity index is 2.75. The van der Waals surface area contributed by atoms with Crippen molar-refractivity contribution in [3.05, 3.63) is 33.3 Å². The maximum Gasteiger partial charge on any atom is 0.252 e. The molecular formula is C12H16BrClN2O. The van der Waals surface area contributed by atoms with Crippen LogP contribution in [-0.2, 0) is 0 Å². The Labute approximate surface area is 115 Å². The van der Waals surface area contributed by atoms with E-state index < -0.39 is 0 Å². The number of nitrogens with two attached hydrogens (primary N) is 1.